The van der Waals surface area contributed by atoms with Crippen LogP contribution in [0.2, 0.25) is 0 Å². The van der Waals surface area contributed by atoms with Crippen LogP contribution < -0.4 is 15.4 Å². The number of rotatable bonds is 7. The van der Waals surface area contributed by atoms with Gasteiger partial charge in [-0.05, 0) is 48.2 Å². The molecule has 3 rings (SSSR count). The van der Waals surface area contributed by atoms with Crippen LogP contribution in [0.1, 0.15) is 38.7 Å². The van der Waals surface area contributed by atoms with Gasteiger partial charge in [0, 0.05) is 12.6 Å². The Morgan fingerprint density at radius 3 is 2.57 bits per heavy atom. The summed E-state index contributed by atoms with van der Waals surface area (Å²) in [5.74, 6) is 0.757. The lowest BCUT2D eigenvalue weighted by Crippen LogP contribution is -2.20. The van der Waals surface area contributed by atoms with E-state index in [1.807, 2.05) is 36.4 Å². The maximum Gasteiger partial charge on any atom is 0.264 e. The minimum Gasteiger partial charge on any atom is -0.484 e. The van der Waals surface area contributed by atoms with Crippen LogP contribution in [0.25, 0.3) is 10.2 Å². The average molecular weight is 398 g/mol. The van der Waals surface area contributed by atoms with Crippen molar-refractivity contribution in [2.75, 3.05) is 17.2 Å². The number of amides is 2. The number of anilines is 2. The molecule has 146 valence electrons. The molecular formula is C21H23N3O3S. The SMILES string of the molecule is CCC(C)c1ccc(OCC(=O)Nc2nc3ccc(NC(C)=O)cc3s2)cc1. The van der Waals surface area contributed by atoms with Gasteiger partial charge in [0.05, 0.1) is 10.2 Å². The molecule has 1 heterocycles. The van der Waals surface area contributed by atoms with E-state index in [0.29, 0.717) is 22.5 Å². The van der Waals surface area contributed by atoms with E-state index >= 15 is 0 Å². The van der Waals surface area contributed by atoms with E-state index in [-0.39, 0.29) is 18.4 Å². The maximum atomic E-state index is 12.2. The quantitative estimate of drug-likeness (QED) is 0.601. The van der Waals surface area contributed by atoms with E-state index in [9.17, 15) is 9.59 Å². The third-order valence-corrected chi connectivity index (χ3v) is 5.32. The second-order valence-corrected chi connectivity index (χ2v) is 7.63. The van der Waals surface area contributed by atoms with E-state index < -0.39 is 0 Å². The van der Waals surface area contributed by atoms with Crippen LogP contribution in [0, 0.1) is 0 Å². The lowest BCUT2D eigenvalue weighted by Gasteiger charge is -2.10. The van der Waals surface area contributed by atoms with E-state index in [0.717, 1.165) is 16.6 Å². The van der Waals surface area contributed by atoms with Crippen molar-refractivity contribution in [3.05, 3.63) is 48.0 Å². The molecule has 1 atom stereocenters. The predicted molar refractivity (Wildman–Crippen MR) is 113 cm³/mol. The molecule has 0 fully saturated rings. The lowest BCUT2D eigenvalue weighted by molar-refractivity contribution is -0.118. The third kappa shape index (κ3) is 5.07. The molecule has 0 radical (unpaired) electrons. The molecule has 6 nitrogen and oxygen atoms in total. The first kappa shape index (κ1) is 19.8. The molecular weight excluding hydrogens is 374 g/mol. The molecule has 3 aromatic rings. The van der Waals surface area contributed by atoms with Gasteiger partial charge in [0.15, 0.2) is 11.7 Å². The van der Waals surface area contributed by atoms with Gasteiger partial charge in [0.25, 0.3) is 5.91 Å². The van der Waals surface area contributed by atoms with Gasteiger partial charge in [-0.25, -0.2) is 4.98 Å². The third-order valence-electron chi connectivity index (χ3n) is 4.39. The summed E-state index contributed by atoms with van der Waals surface area (Å²) in [5.41, 5.74) is 2.72. The molecule has 2 aromatic carbocycles. The Morgan fingerprint density at radius 1 is 1.14 bits per heavy atom. The number of carbonyl (C=O) groups is 2. The highest BCUT2D eigenvalue weighted by Gasteiger charge is 2.10. The topological polar surface area (TPSA) is 80.3 Å². The Kier molecular flexibility index (Phi) is 6.26. The average Bonchev–Trinajstić information content (AvgIpc) is 3.07. The normalized spacial score (nSPS) is 11.8. The number of fused-ring (bicyclic) bond motifs is 1. The number of hydrogen-bond donors (Lipinski definition) is 2. The van der Waals surface area contributed by atoms with Crippen molar-refractivity contribution >= 4 is 44.2 Å². The smallest absolute Gasteiger partial charge is 0.264 e. The summed E-state index contributed by atoms with van der Waals surface area (Å²) in [6.07, 6.45) is 1.08. The maximum absolute atomic E-state index is 12.2. The predicted octanol–water partition coefficient (Wildman–Crippen LogP) is 4.79. The fourth-order valence-electron chi connectivity index (χ4n) is 2.69. The molecule has 0 saturated heterocycles. The number of thiazole rings is 1. The van der Waals surface area contributed by atoms with Gasteiger partial charge in [0.1, 0.15) is 5.75 Å². The Labute approximate surface area is 167 Å². The molecule has 0 spiro atoms. The number of benzene rings is 2. The molecule has 0 saturated carbocycles. The van der Waals surface area contributed by atoms with Crippen LogP contribution in [0.5, 0.6) is 5.75 Å². The molecule has 7 heteroatoms. The van der Waals surface area contributed by atoms with E-state index in [4.69, 9.17) is 4.74 Å². The van der Waals surface area contributed by atoms with Crippen molar-refractivity contribution in [2.45, 2.75) is 33.1 Å². The first-order valence-electron chi connectivity index (χ1n) is 9.15. The zero-order valence-electron chi connectivity index (χ0n) is 16.1. The first-order valence-corrected chi connectivity index (χ1v) is 9.97. The summed E-state index contributed by atoms with van der Waals surface area (Å²) in [5, 5.41) is 5.99. The zero-order valence-corrected chi connectivity index (χ0v) is 16.9. The Hall–Kier alpha value is -2.93. The van der Waals surface area contributed by atoms with Crippen LogP contribution in [0.3, 0.4) is 0 Å². The number of nitrogens with zero attached hydrogens (tertiary/aromatic N) is 1. The molecule has 28 heavy (non-hydrogen) atoms. The molecule has 0 aliphatic heterocycles. The second-order valence-electron chi connectivity index (χ2n) is 6.60. The van der Waals surface area contributed by atoms with Gasteiger partial charge < -0.3 is 10.1 Å². The summed E-state index contributed by atoms with van der Waals surface area (Å²) >= 11 is 1.35. The summed E-state index contributed by atoms with van der Waals surface area (Å²) in [7, 11) is 0. The van der Waals surface area contributed by atoms with Crippen molar-refractivity contribution < 1.29 is 14.3 Å². The number of aromatic nitrogens is 1. The standard InChI is InChI=1S/C21H23N3O3S/c1-4-13(2)15-5-8-17(9-6-15)27-12-20(26)24-21-23-18-10-7-16(22-14(3)25)11-19(18)28-21/h5-11,13H,4,12H2,1-3H3,(H,22,25)(H,23,24,26). The molecule has 0 aliphatic rings. The molecule has 2 amide bonds. The highest BCUT2D eigenvalue weighted by atomic mass is 32.1. The highest BCUT2D eigenvalue weighted by molar-refractivity contribution is 7.22. The molecule has 0 bridgehead atoms. The van der Waals surface area contributed by atoms with Crippen LogP contribution in [-0.2, 0) is 9.59 Å². The van der Waals surface area contributed by atoms with Crippen LogP contribution in [0.15, 0.2) is 42.5 Å². The van der Waals surface area contributed by atoms with Crippen molar-refractivity contribution in [3.63, 3.8) is 0 Å². The minimum atomic E-state index is -0.271. The highest BCUT2D eigenvalue weighted by Crippen LogP contribution is 2.28. The number of ether oxygens (including phenoxy) is 1. The molecule has 1 aromatic heterocycles. The Morgan fingerprint density at radius 2 is 1.89 bits per heavy atom. The van der Waals surface area contributed by atoms with Gasteiger partial charge in [-0.15, -0.1) is 0 Å². The Balaban J connectivity index is 1.57. The summed E-state index contributed by atoms with van der Waals surface area (Å²) in [6, 6.07) is 13.2. The van der Waals surface area contributed by atoms with Crippen molar-refractivity contribution in [3.8, 4) is 5.75 Å². The van der Waals surface area contributed by atoms with Gasteiger partial charge in [-0.3, -0.25) is 14.9 Å². The van der Waals surface area contributed by atoms with Crippen molar-refractivity contribution in [1.82, 2.24) is 4.98 Å². The van der Waals surface area contributed by atoms with Crippen molar-refractivity contribution in [2.24, 2.45) is 0 Å². The monoisotopic (exact) mass is 397 g/mol. The number of carbonyl (C=O) groups excluding carboxylic acids is 2. The zero-order chi connectivity index (χ0) is 20.1. The molecule has 0 aliphatic carbocycles. The minimum absolute atomic E-state index is 0.0876. The summed E-state index contributed by atoms with van der Waals surface area (Å²) < 4.78 is 6.44. The van der Waals surface area contributed by atoms with Crippen LogP contribution in [-0.4, -0.2) is 23.4 Å². The van der Waals surface area contributed by atoms with Gasteiger partial charge >= 0.3 is 0 Å². The second kappa shape index (κ2) is 8.84. The van der Waals surface area contributed by atoms with E-state index in [1.165, 1.54) is 23.8 Å². The van der Waals surface area contributed by atoms with E-state index in [2.05, 4.69) is 29.5 Å². The van der Waals surface area contributed by atoms with E-state index in [1.54, 1.807) is 6.07 Å². The fourth-order valence-corrected chi connectivity index (χ4v) is 3.61. The lowest BCUT2D eigenvalue weighted by atomic mass is 9.99. The number of hydrogen-bond acceptors (Lipinski definition) is 5. The van der Waals surface area contributed by atoms with Crippen LogP contribution >= 0.6 is 11.3 Å². The molecule has 1 unspecified atom stereocenters. The number of nitrogens with one attached hydrogen (secondary N) is 2. The van der Waals surface area contributed by atoms with Gasteiger partial charge in [-0.1, -0.05) is 37.3 Å². The van der Waals surface area contributed by atoms with Crippen LogP contribution in [0.4, 0.5) is 10.8 Å². The van der Waals surface area contributed by atoms with Gasteiger partial charge in [0.2, 0.25) is 5.91 Å². The first-order chi connectivity index (χ1) is 13.4. The molecule has 2 N–H and O–H groups in total. The summed E-state index contributed by atoms with van der Waals surface area (Å²) in [4.78, 5) is 27.7. The van der Waals surface area contributed by atoms with Gasteiger partial charge in [-0.2, -0.15) is 0 Å². The largest absolute Gasteiger partial charge is 0.484 e. The summed E-state index contributed by atoms with van der Waals surface area (Å²) in [6.45, 7) is 5.71. The van der Waals surface area contributed by atoms with Crippen molar-refractivity contribution in [1.29, 1.82) is 0 Å². The fraction of sp³-hybridized carbons (Fsp3) is 0.286. The Bertz CT molecular complexity index is 982.